The Hall–Kier alpha value is -2.68. The number of carbonyl (C=O) groups is 1. The number of rotatable bonds is 4. The first-order valence-electron chi connectivity index (χ1n) is 7.86. The topological polar surface area (TPSA) is 91.8 Å². The molecule has 1 aromatic heterocycles. The molecule has 1 fully saturated rings. The van der Waals surface area contributed by atoms with E-state index in [0.717, 1.165) is 42.6 Å². The second kappa shape index (κ2) is 6.61. The van der Waals surface area contributed by atoms with E-state index in [1.807, 2.05) is 12.1 Å². The molecule has 0 radical (unpaired) electrons. The number of carboxylic acid groups (broad SMARTS) is 1. The lowest BCUT2D eigenvalue weighted by molar-refractivity contribution is -0.136. The smallest absolute Gasteiger partial charge is 0.307 e. The van der Waals surface area contributed by atoms with Gasteiger partial charge in [0, 0.05) is 5.92 Å². The number of hydrogen-bond acceptors (Lipinski definition) is 4. The molecule has 0 bridgehead atoms. The van der Waals surface area contributed by atoms with Gasteiger partial charge in [-0.1, -0.05) is 36.6 Å². The van der Waals surface area contributed by atoms with E-state index in [1.165, 1.54) is 6.42 Å². The summed E-state index contributed by atoms with van der Waals surface area (Å²) in [6, 6.07) is 9.38. The van der Waals surface area contributed by atoms with Gasteiger partial charge in [-0.15, -0.1) is 5.10 Å². The first-order chi connectivity index (χ1) is 11.2. The minimum absolute atomic E-state index is 0.00341. The summed E-state index contributed by atoms with van der Waals surface area (Å²) >= 11 is 0. The van der Waals surface area contributed by atoms with Crippen molar-refractivity contribution in [2.24, 2.45) is 0 Å². The van der Waals surface area contributed by atoms with Crippen molar-refractivity contribution in [1.29, 1.82) is 5.26 Å². The summed E-state index contributed by atoms with van der Waals surface area (Å²) in [6.45, 7) is 0. The number of carboxylic acids is 1. The van der Waals surface area contributed by atoms with Crippen molar-refractivity contribution >= 4 is 5.97 Å². The zero-order valence-corrected chi connectivity index (χ0v) is 12.8. The molecule has 0 amide bonds. The zero-order valence-electron chi connectivity index (χ0n) is 12.8. The highest BCUT2D eigenvalue weighted by atomic mass is 16.4. The van der Waals surface area contributed by atoms with Crippen LogP contribution in [0.2, 0.25) is 0 Å². The van der Waals surface area contributed by atoms with Crippen LogP contribution in [-0.2, 0) is 11.2 Å². The molecule has 1 aromatic carbocycles. The summed E-state index contributed by atoms with van der Waals surface area (Å²) in [5.41, 5.74) is 2.83. The van der Waals surface area contributed by atoms with Crippen LogP contribution in [-0.4, -0.2) is 26.1 Å². The molecule has 1 aliphatic rings. The van der Waals surface area contributed by atoms with Gasteiger partial charge in [-0.05, 0) is 30.5 Å². The lowest BCUT2D eigenvalue weighted by Gasteiger charge is -2.22. The van der Waals surface area contributed by atoms with Gasteiger partial charge < -0.3 is 5.11 Å². The van der Waals surface area contributed by atoms with Crippen molar-refractivity contribution in [2.45, 2.75) is 44.4 Å². The molecule has 0 spiro atoms. The van der Waals surface area contributed by atoms with Crippen LogP contribution in [0.15, 0.2) is 24.3 Å². The van der Waals surface area contributed by atoms with Crippen molar-refractivity contribution in [1.82, 2.24) is 15.0 Å². The molecule has 6 heteroatoms. The Balaban J connectivity index is 1.94. The maximum atomic E-state index is 10.8. The molecule has 3 rings (SSSR count). The van der Waals surface area contributed by atoms with E-state index in [4.69, 9.17) is 5.11 Å². The van der Waals surface area contributed by atoms with Gasteiger partial charge in [0.2, 0.25) is 0 Å². The lowest BCUT2D eigenvalue weighted by Crippen LogP contribution is -2.12. The summed E-state index contributed by atoms with van der Waals surface area (Å²) in [7, 11) is 0. The highest BCUT2D eigenvalue weighted by Gasteiger charge is 2.25. The van der Waals surface area contributed by atoms with Crippen molar-refractivity contribution in [3.05, 3.63) is 41.2 Å². The summed E-state index contributed by atoms with van der Waals surface area (Å²) < 4.78 is 1.74. The van der Waals surface area contributed by atoms with Crippen molar-refractivity contribution < 1.29 is 9.90 Å². The van der Waals surface area contributed by atoms with E-state index in [-0.39, 0.29) is 6.42 Å². The third kappa shape index (κ3) is 3.24. The molecule has 118 valence electrons. The number of aromatic nitrogens is 3. The summed E-state index contributed by atoms with van der Waals surface area (Å²) in [4.78, 5) is 10.8. The van der Waals surface area contributed by atoms with E-state index in [1.54, 1.807) is 16.8 Å². The van der Waals surface area contributed by atoms with Crippen LogP contribution in [0.1, 0.15) is 55.0 Å². The van der Waals surface area contributed by atoms with E-state index in [9.17, 15) is 10.1 Å². The Morgan fingerprint density at radius 3 is 2.57 bits per heavy atom. The normalized spacial score (nSPS) is 15.3. The molecule has 0 unspecified atom stereocenters. The van der Waals surface area contributed by atoms with Crippen LogP contribution in [0.3, 0.4) is 0 Å². The molecule has 6 nitrogen and oxygen atoms in total. The van der Waals surface area contributed by atoms with E-state index < -0.39 is 5.97 Å². The molecule has 0 saturated heterocycles. The third-order valence-electron chi connectivity index (χ3n) is 4.34. The second-order valence-electron chi connectivity index (χ2n) is 5.92. The fraction of sp³-hybridized carbons (Fsp3) is 0.412. The Kier molecular flexibility index (Phi) is 4.38. The Morgan fingerprint density at radius 1 is 1.26 bits per heavy atom. The SMILES string of the molecule is N#Cc1nnn(-c2ccc(CC(=O)O)cc2)c1C1CCCCC1. The Labute approximate surface area is 134 Å². The monoisotopic (exact) mass is 310 g/mol. The van der Waals surface area contributed by atoms with Crippen molar-refractivity contribution in [3.8, 4) is 11.8 Å². The van der Waals surface area contributed by atoms with Crippen LogP contribution in [0, 0.1) is 11.3 Å². The second-order valence-corrected chi connectivity index (χ2v) is 5.92. The fourth-order valence-electron chi connectivity index (χ4n) is 3.23. The van der Waals surface area contributed by atoms with Gasteiger partial charge in [-0.25, -0.2) is 4.68 Å². The molecule has 1 aliphatic carbocycles. The number of hydrogen-bond donors (Lipinski definition) is 1. The largest absolute Gasteiger partial charge is 0.481 e. The van der Waals surface area contributed by atoms with Gasteiger partial charge >= 0.3 is 5.97 Å². The molecule has 0 atom stereocenters. The standard InChI is InChI=1S/C17H18N4O2/c18-11-15-17(13-4-2-1-3-5-13)21(20-19-15)14-8-6-12(7-9-14)10-16(22)23/h6-9,13H,1-5,10H2,(H,22,23). The number of aliphatic carboxylic acids is 1. The Bertz CT molecular complexity index is 737. The highest BCUT2D eigenvalue weighted by Crippen LogP contribution is 2.34. The van der Waals surface area contributed by atoms with Crippen LogP contribution in [0.5, 0.6) is 0 Å². The average Bonchev–Trinajstić information content (AvgIpc) is 3.00. The van der Waals surface area contributed by atoms with Crippen molar-refractivity contribution in [2.75, 3.05) is 0 Å². The van der Waals surface area contributed by atoms with E-state index in [2.05, 4.69) is 16.4 Å². The summed E-state index contributed by atoms with van der Waals surface area (Å²) in [5.74, 6) is -0.541. The highest BCUT2D eigenvalue weighted by molar-refractivity contribution is 5.70. The first-order valence-corrected chi connectivity index (χ1v) is 7.86. The van der Waals surface area contributed by atoms with Crippen LogP contribution in [0.25, 0.3) is 5.69 Å². The minimum atomic E-state index is -0.854. The zero-order chi connectivity index (χ0) is 16.2. The molecule has 1 heterocycles. The number of benzene rings is 1. The average molecular weight is 310 g/mol. The van der Waals surface area contributed by atoms with Gasteiger partial charge in [0.05, 0.1) is 17.8 Å². The quantitative estimate of drug-likeness (QED) is 0.937. The number of nitriles is 1. The summed E-state index contributed by atoms with van der Waals surface area (Å²) in [6.07, 6.45) is 5.68. The molecular weight excluding hydrogens is 292 g/mol. The third-order valence-corrected chi connectivity index (χ3v) is 4.34. The predicted molar refractivity (Wildman–Crippen MR) is 83.2 cm³/mol. The molecule has 1 saturated carbocycles. The fourth-order valence-corrected chi connectivity index (χ4v) is 3.23. The van der Waals surface area contributed by atoms with Crippen LogP contribution >= 0.6 is 0 Å². The first kappa shape index (κ1) is 15.2. The van der Waals surface area contributed by atoms with Crippen molar-refractivity contribution in [3.63, 3.8) is 0 Å². The molecule has 1 N–H and O–H groups in total. The maximum absolute atomic E-state index is 10.8. The molecule has 23 heavy (non-hydrogen) atoms. The maximum Gasteiger partial charge on any atom is 0.307 e. The number of nitrogens with zero attached hydrogens (tertiary/aromatic N) is 4. The molecule has 2 aromatic rings. The van der Waals surface area contributed by atoms with Gasteiger partial charge in [-0.3, -0.25) is 4.79 Å². The van der Waals surface area contributed by atoms with Crippen LogP contribution in [0.4, 0.5) is 0 Å². The van der Waals surface area contributed by atoms with Gasteiger partial charge in [-0.2, -0.15) is 5.26 Å². The van der Waals surface area contributed by atoms with E-state index in [0.29, 0.717) is 11.6 Å². The Morgan fingerprint density at radius 2 is 1.96 bits per heavy atom. The van der Waals surface area contributed by atoms with Gasteiger partial charge in [0.15, 0.2) is 5.69 Å². The lowest BCUT2D eigenvalue weighted by atomic mass is 9.86. The van der Waals surface area contributed by atoms with Gasteiger partial charge in [0.25, 0.3) is 0 Å². The van der Waals surface area contributed by atoms with Gasteiger partial charge in [0.1, 0.15) is 6.07 Å². The van der Waals surface area contributed by atoms with Crippen LogP contribution < -0.4 is 0 Å². The molecule has 0 aliphatic heterocycles. The summed E-state index contributed by atoms with van der Waals surface area (Å²) in [5, 5.41) is 26.3. The minimum Gasteiger partial charge on any atom is -0.481 e. The van der Waals surface area contributed by atoms with E-state index >= 15 is 0 Å². The molecular formula is C17H18N4O2. The predicted octanol–water partition coefficient (Wildman–Crippen LogP) is 2.81.